The molecular formula is C19H29N5O2. The number of rotatable bonds is 2. The maximum absolute atomic E-state index is 13.0. The number of amides is 1. The van der Waals surface area contributed by atoms with Crippen molar-refractivity contribution in [2.45, 2.75) is 38.1 Å². The van der Waals surface area contributed by atoms with E-state index in [1.807, 2.05) is 9.80 Å². The van der Waals surface area contributed by atoms with Crippen LogP contribution in [0, 0.1) is 17.8 Å². The van der Waals surface area contributed by atoms with Crippen LogP contribution in [0.25, 0.3) is 0 Å². The molecule has 142 valence electrons. The zero-order valence-corrected chi connectivity index (χ0v) is 15.5. The number of aromatic nitrogens is 2. The number of carbonyl (C=O) groups excluding carboxylic acids is 1. The van der Waals surface area contributed by atoms with Crippen LogP contribution < -0.4 is 16.2 Å². The monoisotopic (exact) mass is 359 g/mol. The van der Waals surface area contributed by atoms with Crippen molar-refractivity contribution in [2.75, 3.05) is 31.1 Å². The van der Waals surface area contributed by atoms with E-state index in [0.717, 1.165) is 12.8 Å². The quantitative estimate of drug-likeness (QED) is 0.835. The fourth-order valence-electron chi connectivity index (χ4n) is 5.09. The predicted molar refractivity (Wildman–Crippen MR) is 99.8 cm³/mol. The van der Waals surface area contributed by atoms with Gasteiger partial charge in [-0.3, -0.25) is 9.59 Å². The molecular weight excluding hydrogens is 330 g/mol. The fraction of sp³-hybridized carbons (Fsp3) is 0.737. The van der Waals surface area contributed by atoms with E-state index in [-0.39, 0.29) is 11.5 Å². The van der Waals surface area contributed by atoms with E-state index in [0.29, 0.717) is 55.8 Å². The van der Waals surface area contributed by atoms with E-state index < -0.39 is 0 Å². The van der Waals surface area contributed by atoms with Gasteiger partial charge in [0.2, 0.25) is 5.91 Å². The Morgan fingerprint density at radius 1 is 1.15 bits per heavy atom. The van der Waals surface area contributed by atoms with Crippen LogP contribution in [0.2, 0.25) is 0 Å². The number of aryl methyl sites for hydroxylation is 1. The van der Waals surface area contributed by atoms with Crippen LogP contribution in [-0.2, 0) is 11.8 Å². The molecule has 0 spiro atoms. The number of carbonyl (C=O) groups is 1. The first kappa shape index (κ1) is 17.5. The minimum atomic E-state index is -0.0821. The molecule has 7 nitrogen and oxygen atoms in total. The molecule has 2 bridgehead atoms. The summed E-state index contributed by atoms with van der Waals surface area (Å²) < 4.78 is 1.55. The highest BCUT2D eigenvalue weighted by Crippen LogP contribution is 2.42. The van der Waals surface area contributed by atoms with Gasteiger partial charge in [-0.1, -0.05) is 6.42 Å². The third-order valence-corrected chi connectivity index (χ3v) is 6.65. The van der Waals surface area contributed by atoms with Gasteiger partial charge in [-0.25, -0.2) is 4.98 Å². The van der Waals surface area contributed by atoms with Crippen molar-refractivity contribution < 1.29 is 4.79 Å². The standard InChI is InChI=1S/C19H29N5O2/c1-22-6-5-21-17(19(22)26)23-7-9-24(10-8-23)18(25)15-11-13-3-2-4-14(12-15)16(13)20/h5-6,13-16H,2-4,7-12,20H2,1H3. The topological polar surface area (TPSA) is 84.5 Å². The molecule has 2 saturated carbocycles. The van der Waals surface area contributed by atoms with Crippen LogP contribution in [0.3, 0.4) is 0 Å². The second-order valence-corrected chi connectivity index (χ2v) is 8.18. The third-order valence-electron chi connectivity index (χ3n) is 6.65. The van der Waals surface area contributed by atoms with Crippen LogP contribution in [0.1, 0.15) is 32.1 Å². The van der Waals surface area contributed by atoms with Crippen LogP contribution in [0.15, 0.2) is 17.2 Å². The van der Waals surface area contributed by atoms with Crippen molar-refractivity contribution in [3.05, 3.63) is 22.7 Å². The molecule has 0 aromatic carbocycles. The van der Waals surface area contributed by atoms with Gasteiger partial charge in [-0.05, 0) is 37.5 Å². The molecule has 2 aliphatic carbocycles. The average Bonchev–Trinajstić information content (AvgIpc) is 2.63. The van der Waals surface area contributed by atoms with Crippen molar-refractivity contribution in [1.29, 1.82) is 0 Å². The first-order valence-corrected chi connectivity index (χ1v) is 9.85. The van der Waals surface area contributed by atoms with Gasteiger partial charge < -0.3 is 20.1 Å². The zero-order chi connectivity index (χ0) is 18.3. The number of nitrogens with zero attached hydrogens (tertiary/aromatic N) is 4. The van der Waals surface area contributed by atoms with E-state index >= 15 is 0 Å². The van der Waals surface area contributed by atoms with Gasteiger partial charge in [-0.15, -0.1) is 0 Å². The Labute approximate surface area is 154 Å². The van der Waals surface area contributed by atoms with Gasteiger partial charge in [0, 0.05) is 57.6 Å². The lowest BCUT2D eigenvalue weighted by molar-refractivity contribution is -0.138. The van der Waals surface area contributed by atoms with Crippen molar-refractivity contribution in [3.63, 3.8) is 0 Å². The van der Waals surface area contributed by atoms with E-state index in [1.165, 1.54) is 19.3 Å². The van der Waals surface area contributed by atoms with Gasteiger partial charge in [0.25, 0.3) is 5.56 Å². The minimum absolute atomic E-state index is 0.0821. The van der Waals surface area contributed by atoms with Crippen LogP contribution in [0.4, 0.5) is 5.82 Å². The summed E-state index contributed by atoms with van der Waals surface area (Å²) in [5.41, 5.74) is 6.28. The molecule has 1 aromatic rings. The normalized spacial score (nSPS) is 31.8. The first-order valence-electron chi connectivity index (χ1n) is 9.85. The number of anilines is 1. The smallest absolute Gasteiger partial charge is 0.293 e. The Hall–Kier alpha value is -1.89. The maximum atomic E-state index is 13.0. The number of hydrogen-bond acceptors (Lipinski definition) is 5. The van der Waals surface area contributed by atoms with Gasteiger partial charge in [0.15, 0.2) is 5.82 Å². The highest BCUT2D eigenvalue weighted by Gasteiger charge is 2.42. The van der Waals surface area contributed by atoms with Crippen molar-refractivity contribution >= 4 is 11.7 Å². The summed E-state index contributed by atoms with van der Waals surface area (Å²) in [5.74, 6) is 1.96. The number of hydrogen-bond donors (Lipinski definition) is 1. The Bertz CT molecular complexity index is 711. The Balaban J connectivity index is 1.38. The van der Waals surface area contributed by atoms with E-state index in [1.54, 1.807) is 24.0 Å². The molecule has 1 saturated heterocycles. The second-order valence-electron chi connectivity index (χ2n) is 8.18. The Kier molecular flexibility index (Phi) is 4.73. The third kappa shape index (κ3) is 3.13. The molecule has 1 amide bonds. The largest absolute Gasteiger partial charge is 0.348 e. The fourth-order valence-corrected chi connectivity index (χ4v) is 5.09. The molecule has 2 N–H and O–H groups in total. The van der Waals surface area contributed by atoms with Crippen LogP contribution >= 0.6 is 0 Å². The molecule has 2 atom stereocenters. The summed E-state index contributed by atoms with van der Waals surface area (Å²) in [6.45, 7) is 2.65. The summed E-state index contributed by atoms with van der Waals surface area (Å²) in [5, 5.41) is 0. The summed E-state index contributed by atoms with van der Waals surface area (Å²) in [4.78, 5) is 33.5. The molecule has 2 heterocycles. The maximum Gasteiger partial charge on any atom is 0.293 e. The van der Waals surface area contributed by atoms with Crippen LogP contribution in [-0.4, -0.2) is 52.6 Å². The highest BCUT2D eigenvalue weighted by molar-refractivity contribution is 5.79. The molecule has 1 aliphatic heterocycles. The molecule has 4 rings (SSSR count). The minimum Gasteiger partial charge on any atom is -0.348 e. The lowest BCUT2D eigenvalue weighted by atomic mass is 9.65. The van der Waals surface area contributed by atoms with Gasteiger partial charge in [-0.2, -0.15) is 0 Å². The molecule has 26 heavy (non-hydrogen) atoms. The lowest BCUT2D eigenvalue weighted by Crippen LogP contribution is -2.54. The zero-order valence-electron chi connectivity index (χ0n) is 15.5. The molecule has 3 fully saturated rings. The molecule has 1 aromatic heterocycles. The summed E-state index contributed by atoms with van der Waals surface area (Å²) >= 11 is 0. The Morgan fingerprint density at radius 3 is 2.46 bits per heavy atom. The van der Waals surface area contributed by atoms with Gasteiger partial charge >= 0.3 is 0 Å². The SMILES string of the molecule is Cn1ccnc(N2CCN(C(=O)C3CC4CCCC(C3)C4N)CC2)c1=O. The Morgan fingerprint density at radius 2 is 1.81 bits per heavy atom. The predicted octanol–water partition coefficient (Wildman–Crippen LogP) is 0.583. The number of piperazine rings is 1. The average molecular weight is 359 g/mol. The van der Waals surface area contributed by atoms with Crippen molar-refractivity contribution in [1.82, 2.24) is 14.5 Å². The summed E-state index contributed by atoms with van der Waals surface area (Å²) in [6.07, 6.45) is 8.85. The molecule has 0 radical (unpaired) electrons. The van der Waals surface area contributed by atoms with Crippen molar-refractivity contribution in [3.8, 4) is 0 Å². The molecule has 7 heteroatoms. The van der Waals surface area contributed by atoms with Crippen molar-refractivity contribution in [2.24, 2.45) is 30.5 Å². The van der Waals surface area contributed by atoms with E-state index in [9.17, 15) is 9.59 Å². The summed E-state index contributed by atoms with van der Waals surface area (Å²) in [6, 6.07) is 0.296. The van der Waals surface area contributed by atoms with Gasteiger partial charge in [0.05, 0.1) is 0 Å². The first-order chi connectivity index (χ1) is 12.5. The van der Waals surface area contributed by atoms with Crippen LogP contribution in [0.5, 0.6) is 0 Å². The lowest BCUT2D eigenvalue weighted by Gasteiger charge is -2.45. The number of fused-ring (bicyclic) bond motifs is 2. The summed E-state index contributed by atoms with van der Waals surface area (Å²) in [7, 11) is 1.73. The second kappa shape index (κ2) is 7.02. The highest BCUT2D eigenvalue weighted by atomic mass is 16.2. The van der Waals surface area contributed by atoms with E-state index in [2.05, 4.69) is 4.98 Å². The number of nitrogens with two attached hydrogens (primary N) is 1. The van der Waals surface area contributed by atoms with E-state index in [4.69, 9.17) is 5.73 Å². The molecule has 3 aliphatic rings. The van der Waals surface area contributed by atoms with Gasteiger partial charge in [0.1, 0.15) is 0 Å². The molecule has 2 unspecified atom stereocenters.